The first-order valence-corrected chi connectivity index (χ1v) is 8.43. The van der Waals surface area contributed by atoms with Crippen molar-refractivity contribution in [2.24, 2.45) is 0 Å². The Morgan fingerprint density at radius 2 is 1.83 bits per heavy atom. The van der Waals surface area contributed by atoms with Crippen LogP contribution >= 0.6 is 23.2 Å². The van der Waals surface area contributed by atoms with E-state index in [2.05, 4.69) is 37.4 Å². The van der Waals surface area contributed by atoms with Gasteiger partial charge in [-0.15, -0.1) is 0 Å². The van der Waals surface area contributed by atoms with Gasteiger partial charge in [0.15, 0.2) is 0 Å². The Bertz CT molecular complexity index is 713. The summed E-state index contributed by atoms with van der Waals surface area (Å²) in [7, 11) is 0. The average Bonchev–Trinajstić information content (AvgIpc) is 2.50. The molecular formula is C19H21Cl2NO. The minimum Gasteiger partial charge on any atom is -0.350 e. The molecule has 2 aromatic rings. The molecule has 2 rings (SSSR count). The molecule has 1 N–H and O–H groups in total. The van der Waals surface area contributed by atoms with Crippen LogP contribution in [0.1, 0.15) is 41.6 Å². The van der Waals surface area contributed by atoms with Crippen LogP contribution in [0.3, 0.4) is 0 Å². The number of carbonyl (C=O) groups is 1. The highest BCUT2D eigenvalue weighted by molar-refractivity contribution is 6.42. The third-order valence-electron chi connectivity index (χ3n) is 3.90. The van der Waals surface area contributed by atoms with Gasteiger partial charge in [0.1, 0.15) is 0 Å². The molecular weight excluding hydrogens is 329 g/mol. The molecule has 0 bridgehead atoms. The maximum atomic E-state index is 12.2. The van der Waals surface area contributed by atoms with Crippen LogP contribution in [0.2, 0.25) is 10.0 Å². The van der Waals surface area contributed by atoms with Gasteiger partial charge in [0, 0.05) is 6.42 Å². The van der Waals surface area contributed by atoms with Crippen molar-refractivity contribution in [2.75, 3.05) is 0 Å². The fraction of sp³-hybridized carbons (Fsp3) is 0.316. The topological polar surface area (TPSA) is 29.1 Å². The van der Waals surface area contributed by atoms with Crippen molar-refractivity contribution in [2.45, 2.75) is 39.7 Å². The minimum absolute atomic E-state index is 0.00351. The highest BCUT2D eigenvalue weighted by Gasteiger charge is 2.12. The van der Waals surface area contributed by atoms with Crippen molar-refractivity contribution in [3.63, 3.8) is 0 Å². The van der Waals surface area contributed by atoms with Gasteiger partial charge in [-0.3, -0.25) is 4.79 Å². The summed E-state index contributed by atoms with van der Waals surface area (Å²) >= 11 is 11.9. The SMILES string of the molecule is Cc1ccc(C)c(C(C)NC(=O)CCc2ccc(Cl)c(Cl)c2)c1. The molecule has 23 heavy (non-hydrogen) atoms. The number of nitrogens with one attached hydrogen (secondary N) is 1. The van der Waals surface area contributed by atoms with E-state index in [4.69, 9.17) is 23.2 Å². The van der Waals surface area contributed by atoms with Crippen LogP contribution in [0.15, 0.2) is 36.4 Å². The molecule has 0 spiro atoms. The number of hydrogen-bond acceptors (Lipinski definition) is 1. The number of carbonyl (C=O) groups excluding carboxylic acids is 1. The normalized spacial score (nSPS) is 12.0. The largest absolute Gasteiger partial charge is 0.350 e. The highest BCUT2D eigenvalue weighted by Crippen LogP contribution is 2.23. The van der Waals surface area contributed by atoms with E-state index in [0.29, 0.717) is 22.9 Å². The zero-order valence-corrected chi connectivity index (χ0v) is 15.1. The van der Waals surface area contributed by atoms with E-state index < -0.39 is 0 Å². The highest BCUT2D eigenvalue weighted by atomic mass is 35.5. The lowest BCUT2D eigenvalue weighted by atomic mass is 10.00. The fourth-order valence-corrected chi connectivity index (χ4v) is 2.89. The van der Waals surface area contributed by atoms with Crippen molar-refractivity contribution in [3.8, 4) is 0 Å². The molecule has 0 radical (unpaired) electrons. The predicted octanol–water partition coefficient (Wildman–Crippen LogP) is 5.42. The van der Waals surface area contributed by atoms with E-state index in [1.807, 2.05) is 19.1 Å². The summed E-state index contributed by atoms with van der Waals surface area (Å²) in [4.78, 5) is 12.2. The van der Waals surface area contributed by atoms with Crippen molar-refractivity contribution >= 4 is 29.1 Å². The number of halogens is 2. The number of hydrogen-bond donors (Lipinski definition) is 1. The number of rotatable bonds is 5. The second-order valence-corrected chi connectivity index (χ2v) is 6.71. The van der Waals surface area contributed by atoms with E-state index >= 15 is 0 Å². The quantitative estimate of drug-likeness (QED) is 0.766. The molecule has 1 unspecified atom stereocenters. The lowest BCUT2D eigenvalue weighted by Gasteiger charge is -2.17. The predicted molar refractivity (Wildman–Crippen MR) is 97.3 cm³/mol. The van der Waals surface area contributed by atoms with Crippen LogP contribution in [-0.2, 0) is 11.2 Å². The number of aryl methyl sites for hydroxylation is 3. The van der Waals surface area contributed by atoms with Gasteiger partial charge in [-0.1, -0.05) is 53.0 Å². The molecule has 0 aromatic heterocycles. The summed E-state index contributed by atoms with van der Waals surface area (Å²) in [5.41, 5.74) is 4.55. The zero-order chi connectivity index (χ0) is 17.0. The van der Waals surface area contributed by atoms with E-state index in [0.717, 1.165) is 11.1 Å². The average molecular weight is 350 g/mol. The molecule has 0 saturated heterocycles. The first-order valence-electron chi connectivity index (χ1n) is 7.67. The zero-order valence-electron chi connectivity index (χ0n) is 13.6. The molecule has 0 saturated carbocycles. The lowest BCUT2D eigenvalue weighted by Crippen LogP contribution is -2.27. The minimum atomic E-state index is -0.00351. The van der Waals surface area contributed by atoms with Gasteiger partial charge in [0.2, 0.25) is 5.91 Å². The first-order chi connectivity index (χ1) is 10.9. The summed E-state index contributed by atoms with van der Waals surface area (Å²) < 4.78 is 0. The second-order valence-electron chi connectivity index (χ2n) is 5.90. The summed E-state index contributed by atoms with van der Waals surface area (Å²) in [6.45, 7) is 6.13. The van der Waals surface area contributed by atoms with E-state index in [-0.39, 0.29) is 11.9 Å². The Labute approximate surface area is 147 Å². The molecule has 0 heterocycles. The van der Waals surface area contributed by atoms with Crippen molar-refractivity contribution in [1.82, 2.24) is 5.32 Å². The van der Waals surface area contributed by atoms with Crippen LogP contribution in [0.5, 0.6) is 0 Å². The van der Waals surface area contributed by atoms with Gasteiger partial charge >= 0.3 is 0 Å². The van der Waals surface area contributed by atoms with Gasteiger partial charge < -0.3 is 5.32 Å². The van der Waals surface area contributed by atoms with Crippen LogP contribution in [0.4, 0.5) is 0 Å². The first kappa shape index (κ1) is 17.8. The van der Waals surface area contributed by atoms with Crippen LogP contribution in [-0.4, -0.2) is 5.91 Å². The molecule has 1 amide bonds. The van der Waals surface area contributed by atoms with E-state index in [1.165, 1.54) is 11.1 Å². The van der Waals surface area contributed by atoms with Crippen LogP contribution in [0.25, 0.3) is 0 Å². The molecule has 0 aliphatic carbocycles. The van der Waals surface area contributed by atoms with Crippen molar-refractivity contribution < 1.29 is 4.79 Å². The smallest absolute Gasteiger partial charge is 0.220 e. The summed E-state index contributed by atoms with van der Waals surface area (Å²) in [5.74, 6) is 0.0319. The molecule has 0 fully saturated rings. The Hall–Kier alpha value is -1.51. The third-order valence-corrected chi connectivity index (χ3v) is 4.64. The van der Waals surface area contributed by atoms with E-state index in [1.54, 1.807) is 6.07 Å². The van der Waals surface area contributed by atoms with E-state index in [9.17, 15) is 4.79 Å². The Morgan fingerprint density at radius 1 is 1.09 bits per heavy atom. The van der Waals surface area contributed by atoms with Gasteiger partial charge in [0.25, 0.3) is 0 Å². The monoisotopic (exact) mass is 349 g/mol. The Kier molecular flexibility index (Phi) is 6.09. The Balaban J connectivity index is 1.93. The molecule has 122 valence electrons. The van der Waals surface area contributed by atoms with Gasteiger partial charge in [-0.25, -0.2) is 0 Å². The number of amides is 1. The van der Waals surface area contributed by atoms with Gasteiger partial charge in [-0.2, -0.15) is 0 Å². The second kappa shape index (κ2) is 7.85. The molecule has 4 heteroatoms. The maximum Gasteiger partial charge on any atom is 0.220 e. The molecule has 0 aliphatic rings. The van der Waals surface area contributed by atoms with Crippen molar-refractivity contribution in [1.29, 1.82) is 0 Å². The van der Waals surface area contributed by atoms with Gasteiger partial charge in [-0.05, 0) is 56.0 Å². The third kappa shape index (κ3) is 4.98. The fourth-order valence-electron chi connectivity index (χ4n) is 2.57. The summed E-state index contributed by atoms with van der Waals surface area (Å²) in [6, 6.07) is 11.8. The molecule has 2 nitrogen and oxygen atoms in total. The summed E-state index contributed by atoms with van der Waals surface area (Å²) in [6.07, 6.45) is 1.06. The molecule has 1 atom stereocenters. The lowest BCUT2D eigenvalue weighted by molar-refractivity contribution is -0.121. The maximum absolute atomic E-state index is 12.2. The van der Waals surface area contributed by atoms with Crippen molar-refractivity contribution in [3.05, 3.63) is 68.7 Å². The van der Waals surface area contributed by atoms with Crippen LogP contribution < -0.4 is 5.32 Å². The summed E-state index contributed by atoms with van der Waals surface area (Å²) in [5, 5.41) is 4.12. The molecule has 0 aliphatic heterocycles. The Morgan fingerprint density at radius 3 is 2.52 bits per heavy atom. The van der Waals surface area contributed by atoms with Gasteiger partial charge in [0.05, 0.1) is 16.1 Å². The molecule has 2 aromatic carbocycles. The van der Waals surface area contributed by atoms with Crippen LogP contribution in [0, 0.1) is 13.8 Å². The number of benzene rings is 2. The standard InChI is InChI=1S/C19H21Cl2NO/c1-12-4-5-13(2)16(10-12)14(3)22-19(23)9-7-15-6-8-17(20)18(21)11-15/h4-6,8,10-11,14H,7,9H2,1-3H3,(H,22,23).